The van der Waals surface area contributed by atoms with E-state index >= 15 is 0 Å². The van der Waals surface area contributed by atoms with E-state index in [1.165, 1.54) is 24.9 Å². The zero-order valence-electron chi connectivity index (χ0n) is 26.0. The predicted molar refractivity (Wildman–Crippen MR) is 195 cm³/mol. The van der Waals surface area contributed by atoms with Crippen molar-refractivity contribution in [1.29, 1.82) is 0 Å². The number of rotatable bonds is 11. The second-order valence-electron chi connectivity index (χ2n) is 10.5. The molecule has 0 spiro atoms. The highest BCUT2D eigenvalue weighted by molar-refractivity contribution is 8.00. The highest BCUT2D eigenvalue weighted by atomic mass is 35.5. The summed E-state index contributed by atoms with van der Waals surface area (Å²) in [5.74, 6) is -1.96. The molecule has 246 valence electrons. The van der Waals surface area contributed by atoms with Crippen LogP contribution in [-0.2, 0) is 14.3 Å². The molecule has 0 aromatic heterocycles. The third kappa shape index (κ3) is 9.39. The first kappa shape index (κ1) is 35.0. The van der Waals surface area contributed by atoms with Gasteiger partial charge in [-0.3, -0.25) is 14.4 Å². The number of esters is 1. The largest absolute Gasteiger partial charge is 0.465 e. The Morgan fingerprint density at radius 2 is 1.41 bits per heavy atom. The van der Waals surface area contributed by atoms with E-state index in [0.29, 0.717) is 32.5 Å². The third-order valence-electron chi connectivity index (χ3n) is 7.09. The molecule has 49 heavy (non-hydrogen) atoms. The maximum absolute atomic E-state index is 13.7. The molecule has 11 heteroatoms. The molecule has 1 unspecified atom stereocenters. The first-order valence-electron chi connectivity index (χ1n) is 14.9. The van der Waals surface area contributed by atoms with Crippen molar-refractivity contribution in [1.82, 2.24) is 5.32 Å². The number of thioether (sulfide) groups is 1. The lowest BCUT2D eigenvalue weighted by molar-refractivity contribution is -0.116. The van der Waals surface area contributed by atoms with Crippen molar-refractivity contribution >= 4 is 76.1 Å². The Morgan fingerprint density at radius 3 is 2.08 bits per heavy atom. The average Bonchev–Trinajstić information content (AvgIpc) is 3.12. The Morgan fingerprint density at radius 1 is 0.755 bits per heavy atom. The highest BCUT2D eigenvalue weighted by Gasteiger charge is 2.24. The first-order valence-corrected chi connectivity index (χ1v) is 16.5. The molecule has 3 amide bonds. The van der Waals surface area contributed by atoms with Crippen LogP contribution in [0.5, 0.6) is 0 Å². The van der Waals surface area contributed by atoms with Gasteiger partial charge in [0, 0.05) is 26.2 Å². The van der Waals surface area contributed by atoms with Gasteiger partial charge in [0.15, 0.2) is 0 Å². The van der Waals surface area contributed by atoms with Crippen molar-refractivity contribution < 1.29 is 23.9 Å². The average molecular weight is 711 g/mol. The molecule has 0 fully saturated rings. The van der Waals surface area contributed by atoms with E-state index in [0.717, 1.165) is 10.5 Å². The maximum Gasteiger partial charge on any atom is 0.339 e. The fourth-order valence-electron chi connectivity index (χ4n) is 4.65. The molecule has 0 aliphatic carbocycles. The Hall–Kier alpha value is -5.35. The molecule has 5 rings (SSSR count). The molecule has 0 heterocycles. The molecule has 0 saturated heterocycles. The van der Waals surface area contributed by atoms with Gasteiger partial charge in [-0.05, 0) is 77.9 Å². The van der Waals surface area contributed by atoms with E-state index in [-0.39, 0.29) is 17.2 Å². The van der Waals surface area contributed by atoms with Gasteiger partial charge in [0.2, 0.25) is 5.91 Å². The molecule has 0 aliphatic heterocycles. The Balaban J connectivity index is 1.35. The van der Waals surface area contributed by atoms with Crippen molar-refractivity contribution in [2.75, 3.05) is 17.7 Å². The van der Waals surface area contributed by atoms with Gasteiger partial charge in [-0.15, -0.1) is 11.8 Å². The summed E-state index contributed by atoms with van der Waals surface area (Å²) in [4.78, 5) is 53.2. The molecule has 0 radical (unpaired) electrons. The van der Waals surface area contributed by atoms with Crippen LogP contribution in [0.25, 0.3) is 6.08 Å². The Labute approximate surface area is 297 Å². The number of para-hydroxylation sites is 1. The SMILES string of the molecule is COC(=O)c1ccccc1NC(=O)C(Sc1ccc(NC(=O)/C(=C/c2ccc(Cl)cc2Cl)NC(=O)c2ccccc2)cc1)c1ccccc1. The molecule has 0 saturated carbocycles. The van der Waals surface area contributed by atoms with Crippen LogP contribution >= 0.6 is 35.0 Å². The van der Waals surface area contributed by atoms with Gasteiger partial charge in [-0.1, -0.05) is 89.9 Å². The molecule has 0 bridgehead atoms. The van der Waals surface area contributed by atoms with Crippen LogP contribution in [0, 0.1) is 0 Å². The van der Waals surface area contributed by atoms with Crippen molar-refractivity contribution in [3.8, 4) is 0 Å². The zero-order valence-corrected chi connectivity index (χ0v) is 28.3. The van der Waals surface area contributed by atoms with Gasteiger partial charge in [0.05, 0.1) is 18.4 Å². The van der Waals surface area contributed by atoms with E-state index < -0.39 is 23.0 Å². The number of anilines is 2. The van der Waals surface area contributed by atoms with E-state index in [4.69, 9.17) is 27.9 Å². The second-order valence-corrected chi connectivity index (χ2v) is 12.5. The summed E-state index contributed by atoms with van der Waals surface area (Å²) in [6.45, 7) is 0. The minimum Gasteiger partial charge on any atom is -0.465 e. The number of benzene rings is 5. The number of carbonyl (C=O) groups excluding carboxylic acids is 4. The van der Waals surface area contributed by atoms with E-state index in [9.17, 15) is 19.2 Å². The zero-order chi connectivity index (χ0) is 34.8. The van der Waals surface area contributed by atoms with Crippen molar-refractivity contribution in [2.45, 2.75) is 10.1 Å². The summed E-state index contributed by atoms with van der Waals surface area (Å²) >= 11 is 13.7. The summed E-state index contributed by atoms with van der Waals surface area (Å²) in [6.07, 6.45) is 1.47. The normalized spacial score (nSPS) is 11.6. The van der Waals surface area contributed by atoms with Crippen LogP contribution in [0.1, 0.15) is 37.1 Å². The Bertz CT molecular complexity index is 2010. The number of carbonyl (C=O) groups is 4. The lowest BCUT2D eigenvalue weighted by Crippen LogP contribution is -2.30. The molecule has 5 aromatic carbocycles. The van der Waals surface area contributed by atoms with Gasteiger partial charge in [-0.25, -0.2) is 4.79 Å². The summed E-state index contributed by atoms with van der Waals surface area (Å²) in [7, 11) is 1.28. The topological polar surface area (TPSA) is 114 Å². The quantitative estimate of drug-likeness (QED) is 0.0719. The maximum atomic E-state index is 13.7. The van der Waals surface area contributed by atoms with Gasteiger partial charge in [-0.2, -0.15) is 0 Å². The van der Waals surface area contributed by atoms with Gasteiger partial charge >= 0.3 is 5.97 Å². The van der Waals surface area contributed by atoms with Crippen molar-refractivity contribution in [3.63, 3.8) is 0 Å². The minimum absolute atomic E-state index is 0.0374. The number of halogens is 2. The van der Waals surface area contributed by atoms with Gasteiger partial charge < -0.3 is 20.7 Å². The standard InChI is InChI=1S/C38H29Cl2N3O5S/c1-48-38(47)30-14-8-9-15-32(30)42-37(46)34(24-10-4-2-5-11-24)49-29-20-18-28(19-21-29)41-36(45)33(22-26-16-17-27(39)23-31(26)40)43-35(44)25-12-6-3-7-13-25/h2-23,34H,1H3,(H,41,45)(H,42,46)(H,43,44)/b33-22-. The minimum atomic E-state index is -0.681. The summed E-state index contributed by atoms with van der Waals surface area (Å²) in [5, 5.41) is 8.43. The van der Waals surface area contributed by atoms with Crippen LogP contribution in [0.15, 0.2) is 138 Å². The van der Waals surface area contributed by atoms with E-state index in [2.05, 4.69) is 16.0 Å². The number of hydrogen-bond acceptors (Lipinski definition) is 6. The Kier molecular flexibility index (Phi) is 11.9. The van der Waals surface area contributed by atoms with Crippen molar-refractivity contribution in [2.24, 2.45) is 0 Å². The van der Waals surface area contributed by atoms with Gasteiger partial charge in [0.25, 0.3) is 11.8 Å². The first-order chi connectivity index (χ1) is 23.7. The molecule has 0 aliphatic rings. The lowest BCUT2D eigenvalue weighted by Gasteiger charge is -2.18. The molecular weight excluding hydrogens is 681 g/mol. The fourth-order valence-corrected chi connectivity index (χ4v) is 6.13. The molecular formula is C38H29Cl2N3O5S. The van der Waals surface area contributed by atoms with Crippen molar-refractivity contribution in [3.05, 3.63) is 165 Å². The number of hydrogen-bond donors (Lipinski definition) is 3. The number of ether oxygens (including phenoxy) is 1. The molecule has 1 atom stereocenters. The molecule has 8 nitrogen and oxygen atoms in total. The van der Waals surface area contributed by atoms with Crippen LogP contribution in [0.2, 0.25) is 10.0 Å². The summed E-state index contributed by atoms with van der Waals surface area (Å²) in [5.41, 5.74) is 2.59. The number of nitrogens with one attached hydrogen (secondary N) is 3. The predicted octanol–water partition coefficient (Wildman–Crippen LogP) is 8.66. The second kappa shape index (κ2) is 16.7. The fraction of sp³-hybridized carbons (Fsp3) is 0.0526. The molecule has 5 aromatic rings. The van der Waals surface area contributed by atoms with E-state index in [1.54, 1.807) is 97.1 Å². The summed E-state index contributed by atoms with van der Waals surface area (Å²) < 4.78 is 4.87. The van der Waals surface area contributed by atoms with Gasteiger partial charge in [0.1, 0.15) is 10.9 Å². The monoisotopic (exact) mass is 709 g/mol. The smallest absolute Gasteiger partial charge is 0.339 e. The van der Waals surface area contributed by atoms with Crippen LogP contribution < -0.4 is 16.0 Å². The highest BCUT2D eigenvalue weighted by Crippen LogP contribution is 2.37. The lowest BCUT2D eigenvalue weighted by atomic mass is 10.1. The van der Waals surface area contributed by atoms with Crippen LogP contribution in [0.4, 0.5) is 11.4 Å². The number of amides is 3. The third-order valence-corrected chi connectivity index (χ3v) is 8.92. The number of methoxy groups -OCH3 is 1. The van der Waals surface area contributed by atoms with Crippen LogP contribution in [-0.4, -0.2) is 30.8 Å². The molecule has 3 N–H and O–H groups in total. The van der Waals surface area contributed by atoms with E-state index in [1.807, 2.05) is 30.3 Å². The summed E-state index contributed by atoms with van der Waals surface area (Å²) in [6, 6.07) is 36.1. The van der Waals surface area contributed by atoms with Crippen LogP contribution in [0.3, 0.4) is 0 Å².